The molecule has 2 fully saturated rings. The quantitative estimate of drug-likeness (QED) is 0.383. The number of nitrogens with zero attached hydrogens (tertiary/aromatic N) is 1. The molecule has 36 heavy (non-hydrogen) atoms. The summed E-state index contributed by atoms with van der Waals surface area (Å²) in [7, 11) is 0. The number of hydrogen-bond acceptors (Lipinski definition) is 4. The molecule has 3 aromatic rings. The van der Waals surface area contributed by atoms with Crippen molar-refractivity contribution in [1.29, 1.82) is 0 Å². The maximum Gasteiger partial charge on any atom is 0.308 e. The Hall–Kier alpha value is -2.02. The van der Waals surface area contributed by atoms with Crippen molar-refractivity contribution in [2.75, 3.05) is 5.32 Å². The Bertz CT molecular complexity index is 1350. The van der Waals surface area contributed by atoms with Crippen molar-refractivity contribution in [3.63, 3.8) is 0 Å². The summed E-state index contributed by atoms with van der Waals surface area (Å²) in [5.41, 5.74) is 3.42. The summed E-state index contributed by atoms with van der Waals surface area (Å²) in [6, 6.07) is 16.1. The molecular formula is C29H31ClN2O2S2. The summed E-state index contributed by atoms with van der Waals surface area (Å²) >= 11 is 9.19. The van der Waals surface area contributed by atoms with Gasteiger partial charge in [0.25, 0.3) is 0 Å². The molecule has 7 heteroatoms. The fraction of sp³-hybridized carbons (Fsp3) is 0.448. The Labute approximate surface area is 225 Å². The lowest BCUT2D eigenvalue weighted by molar-refractivity contribution is -0.116. The number of carbonyl (C=O) groups is 1. The van der Waals surface area contributed by atoms with E-state index in [0.717, 1.165) is 15.8 Å². The fourth-order valence-electron chi connectivity index (χ4n) is 6.53. The van der Waals surface area contributed by atoms with Crippen LogP contribution in [0.2, 0.25) is 5.02 Å². The first-order chi connectivity index (χ1) is 17.2. The molecule has 5 atom stereocenters. The van der Waals surface area contributed by atoms with Gasteiger partial charge in [-0.05, 0) is 77.8 Å². The summed E-state index contributed by atoms with van der Waals surface area (Å²) in [6.45, 7) is 6.75. The highest BCUT2D eigenvalue weighted by Crippen LogP contribution is 2.64. The number of thioether (sulfide) groups is 1. The van der Waals surface area contributed by atoms with E-state index >= 15 is 0 Å². The van der Waals surface area contributed by atoms with Crippen molar-refractivity contribution in [2.45, 2.75) is 68.2 Å². The van der Waals surface area contributed by atoms with Gasteiger partial charge in [0.2, 0.25) is 5.91 Å². The predicted octanol–water partition coefficient (Wildman–Crippen LogP) is 7.15. The third-order valence-corrected chi connectivity index (χ3v) is 11.3. The van der Waals surface area contributed by atoms with Gasteiger partial charge in [-0.2, -0.15) is 0 Å². The van der Waals surface area contributed by atoms with Gasteiger partial charge in [0.05, 0.1) is 5.03 Å². The summed E-state index contributed by atoms with van der Waals surface area (Å²) in [5.74, 6) is 2.04. The second-order valence-corrected chi connectivity index (χ2v) is 14.1. The van der Waals surface area contributed by atoms with Crippen molar-refractivity contribution >= 4 is 46.3 Å². The zero-order valence-corrected chi connectivity index (χ0v) is 23.2. The molecule has 1 amide bonds. The number of rotatable bonds is 4. The highest BCUT2D eigenvalue weighted by Gasteiger charge is 2.55. The van der Waals surface area contributed by atoms with Crippen LogP contribution >= 0.6 is 34.7 Å². The van der Waals surface area contributed by atoms with E-state index in [9.17, 15) is 9.59 Å². The molecule has 3 aliphatic rings. The zero-order chi connectivity index (χ0) is 25.2. The van der Waals surface area contributed by atoms with Gasteiger partial charge in [-0.15, -0.1) is 11.8 Å². The van der Waals surface area contributed by atoms with Gasteiger partial charge in [0.15, 0.2) is 0 Å². The van der Waals surface area contributed by atoms with E-state index in [2.05, 4.69) is 50.4 Å². The molecule has 4 nitrogen and oxygen atoms in total. The molecule has 0 radical (unpaired) electrons. The lowest BCUT2D eigenvalue weighted by Gasteiger charge is -2.40. The summed E-state index contributed by atoms with van der Waals surface area (Å²) in [5, 5.41) is 5.06. The van der Waals surface area contributed by atoms with Crippen LogP contribution in [0.25, 0.3) is 0 Å². The third-order valence-electron chi connectivity index (χ3n) is 8.26. The minimum Gasteiger partial charge on any atom is -0.325 e. The van der Waals surface area contributed by atoms with Crippen molar-refractivity contribution in [2.24, 2.45) is 17.8 Å². The van der Waals surface area contributed by atoms with E-state index in [1.165, 1.54) is 41.7 Å². The van der Waals surface area contributed by atoms with E-state index in [4.69, 9.17) is 11.6 Å². The molecule has 2 bridgehead atoms. The second-order valence-electron chi connectivity index (χ2n) is 11.5. The van der Waals surface area contributed by atoms with Gasteiger partial charge in [0.1, 0.15) is 6.54 Å². The van der Waals surface area contributed by atoms with E-state index < -0.39 is 0 Å². The highest BCUT2D eigenvalue weighted by molar-refractivity contribution is 8.00. The molecule has 188 valence electrons. The van der Waals surface area contributed by atoms with Crippen LogP contribution in [0.3, 0.4) is 0 Å². The molecule has 6 rings (SSSR count). The van der Waals surface area contributed by atoms with Crippen LogP contribution in [0.15, 0.2) is 58.4 Å². The fourth-order valence-corrected chi connectivity index (χ4v) is 9.80. The number of thiazole rings is 1. The van der Waals surface area contributed by atoms with Gasteiger partial charge >= 0.3 is 4.87 Å². The summed E-state index contributed by atoms with van der Waals surface area (Å²) in [6.07, 6.45) is 3.89. The zero-order valence-electron chi connectivity index (χ0n) is 20.8. The first-order valence-corrected chi connectivity index (χ1v) is 14.8. The van der Waals surface area contributed by atoms with Gasteiger partial charge < -0.3 is 5.32 Å². The number of amides is 1. The number of halogens is 1. The number of benzene rings is 2. The van der Waals surface area contributed by atoms with Crippen LogP contribution in [0.1, 0.15) is 62.0 Å². The Balaban J connectivity index is 1.35. The normalized spacial score (nSPS) is 26.5. The molecule has 4 unspecified atom stereocenters. The lowest BCUT2D eigenvalue weighted by Crippen LogP contribution is -2.35. The van der Waals surface area contributed by atoms with Crippen molar-refractivity contribution in [3.8, 4) is 0 Å². The molecule has 0 spiro atoms. The van der Waals surface area contributed by atoms with E-state index in [1.54, 1.807) is 28.8 Å². The minimum atomic E-state index is -0.193. The van der Waals surface area contributed by atoms with E-state index in [1.807, 2.05) is 11.8 Å². The molecule has 0 saturated heterocycles. The van der Waals surface area contributed by atoms with Crippen LogP contribution in [0.4, 0.5) is 5.69 Å². The van der Waals surface area contributed by atoms with Crippen molar-refractivity contribution < 1.29 is 4.79 Å². The molecular weight excluding hydrogens is 508 g/mol. The number of hydrogen-bond donors (Lipinski definition) is 1. The molecule has 2 saturated carbocycles. The Morgan fingerprint density at radius 1 is 1.06 bits per heavy atom. The molecule has 1 aromatic heterocycles. The topological polar surface area (TPSA) is 51.1 Å². The van der Waals surface area contributed by atoms with Crippen LogP contribution in [-0.4, -0.2) is 15.7 Å². The maximum atomic E-state index is 13.3. The SMILES string of the molecule is CC(C)(C)c1ccc([C@H]2c3sc(=O)n(CC(=O)Nc4ccc(Cl)cc4)c3SC3C4CCC(C4)C32)cc1. The minimum absolute atomic E-state index is 0.0292. The van der Waals surface area contributed by atoms with Crippen LogP contribution in [0, 0.1) is 17.8 Å². The third kappa shape index (κ3) is 4.25. The first kappa shape index (κ1) is 24.3. The molecule has 1 aliphatic heterocycles. The Morgan fingerprint density at radius 2 is 1.75 bits per heavy atom. The van der Waals surface area contributed by atoms with E-state index in [0.29, 0.717) is 27.8 Å². The van der Waals surface area contributed by atoms with Gasteiger partial charge in [0, 0.05) is 26.8 Å². The number of carbonyl (C=O) groups excluding carboxylic acids is 1. The standard InChI is InChI=1S/C29H31ClN2O2S2/c1-29(2,3)19-8-6-16(7-9-19)23-24-17-4-5-18(14-17)25(24)35-27-26(23)36-28(34)32(27)15-22(33)31-21-12-10-20(30)11-13-21/h6-13,17-18,23-25H,4-5,14-15H2,1-3H3,(H,31,33)/t17?,18?,23-,24?,25?/m1/s1. The summed E-state index contributed by atoms with van der Waals surface area (Å²) in [4.78, 5) is 27.3. The van der Waals surface area contributed by atoms with Crippen molar-refractivity contribution in [3.05, 3.63) is 79.2 Å². The average Bonchev–Trinajstić information content (AvgIpc) is 3.53. The average molecular weight is 539 g/mol. The number of nitrogens with one attached hydrogen (secondary N) is 1. The first-order valence-electron chi connectivity index (χ1n) is 12.7. The molecule has 2 aliphatic carbocycles. The second kappa shape index (κ2) is 9.07. The van der Waals surface area contributed by atoms with Gasteiger partial charge in [-0.1, -0.05) is 68.0 Å². The highest BCUT2D eigenvalue weighted by atomic mass is 35.5. The van der Waals surface area contributed by atoms with Gasteiger partial charge in [-0.3, -0.25) is 14.2 Å². The largest absolute Gasteiger partial charge is 0.325 e. The maximum absolute atomic E-state index is 13.3. The lowest BCUT2D eigenvalue weighted by atomic mass is 9.74. The van der Waals surface area contributed by atoms with Crippen LogP contribution in [-0.2, 0) is 16.8 Å². The van der Waals surface area contributed by atoms with Gasteiger partial charge in [-0.25, -0.2) is 0 Å². The van der Waals surface area contributed by atoms with Crippen molar-refractivity contribution in [1.82, 2.24) is 4.57 Å². The molecule has 2 heterocycles. The molecule has 2 aromatic carbocycles. The Kier molecular flexibility index (Phi) is 6.13. The number of aromatic nitrogens is 1. The number of fused-ring (bicyclic) bond motifs is 6. The number of anilines is 1. The van der Waals surface area contributed by atoms with E-state index in [-0.39, 0.29) is 28.7 Å². The smallest absolute Gasteiger partial charge is 0.308 e. The van der Waals surface area contributed by atoms with Crippen LogP contribution < -0.4 is 10.2 Å². The molecule has 1 N–H and O–H groups in total. The Morgan fingerprint density at radius 3 is 2.44 bits per heavy atom. The monoisotopic (exact) mass is 538 g/mol. The van der Waals surface area contributed by atoms with Crippen LogP contribution in [0.5, 0.6) is 0 Å². The predicted molar refractivity (Wildman–Crippen MR) is 150 cm³/mol. The summed E-state index contributed by atoms with van der Waals surface area (Å²) < 4.78 is 1.72.